The molecule has 0 radical (unpaired) electrons. The summed E-state index contributed by atoms with van der Waals surface area (Å²) in [6.45, 7) is 4.84. The smallest absolute Gasteiger partial charge is 0.305 e. The van der Waals surface area contributed by atoms with E-state index in [0.29, 0.717) is 19.4 Å². The van der Waals surface area contributed by atoms with Crippen molar-refractivity contribution in [1.29, 1.82) is 0 Å². The van der Waals surface area contributed by atoms with Crippen LogP contribution in [0.4, 0.5) is 0 Å². The summed E-state index contributed by atoms with van der Waals surface area (Å²) in [5, 5.41) is 23.2. The lowest BCUT2D eigenvalue weighted by molar-refractivity contribution is -0.143. The Hall–Kier alpha value is -1.92. The standard InChI is InChI=1S/C61H115NO5/c1-3-5-7-9-11-13-15-17-19-20-21-22-23-24-25-26-27-28-29-33-37-41-45-49-53-59(64)58(57-63)62-60(65)54-50-46-42-38-34-31-32-36-40-44-48-52-56-67-61(66)55-51-47-43-39-35-30-18-16-14-12-10-8-6-4-2/h10,12,16,18,49,53,58-59,63-64H,3-9,11,13-15,17,19-48,50-52,54-57H2,1-2H3,(H,62,65)/b12-10-,18-16-,53-49+. The predicted molar refractivity (Wildman–Crippen MR) is 292 cm³/mol. The highest BCUT2D eigenvalue weighted by Crippen LogP contribution is 2.17. The number of carbonyl (C=O) groups is 2. The molecular weight excluding hydrogens is 827 g/mol. The summed E-state index contributed by atoms with van der Waals surface area (Å²) in [6.07, 6.45) is 70.2. The molecule has 0 aliphatic heterocycles. The van der Waals surface area contributed by atoms with Gasteiger partial charge in [0.15, 0.2) is 0 Å². The van der Waals surface area contributed by atoms with Crippen molar-refractivity contribution in [3.63, 3.8) is 0 Å². The van der Waals surface area contributed by atoms with Crippen molar-refractivity contribution in [3.05, 3.63) is 36.5 Å². The summed E-state index contributed by atoms with van der Waals surface area (Å²) in [7, 11) is 0. The number of ether oxygens (including phenoxy) is 1. The van der Waals surface area contributed by atoms with Crippen LogP contribution in [-0.2, 0) is 14.3 Å². The molecule has 0 saturated heterocycles. The summed E-state index contributed by atoms with van der Waals surface area (Å²) in [4.78, 5) is 24.5. The third-order valence-corrected chi connectivity index (χ3v) is 13.7. The molecule has 3 N–H and O–H groups in total. The number of esters is 1. The maximum Gasteiger partial charge on any atom is 0.305 e. The minimum absolute atomic E-state index is 0.0250. The molecule has 0 rings (SSSR count). The highest BCUT2D eigenvalue weighted by atomic mass is 16.5. The fraction of sp³-hybridized carbons (Fsp3) is 0.869. The summed E-state index contributed by atoms with van der Waals surface area (Å²) >= 11 is 0. The second kappa shape index (κ2) is 56.7. The van der Waals surface area contributed by atoms with Crippen molar-refractivity contribution in [2.75, 3.05) is 13.2 Å². The second-order valence-electron chi connectivity index (χ2n) is 20.3. The van der Waals surface area contributed by atoms with E-state index >= 15 is 0 Å². The number of aliphatic hydroxyl groups excluding tert-OH is 2. The quantitative estimate of drug-likeness (QED) is 0.0321. The Morgan fingerprint density at radius 1 is 0.418 bits per heavy atom. The van der Waals surface area contributed by atoms with Gasteiger partial charge >= 0.3 is 5.97 Å². The molecule has 0 bridgehead atoms. The Morgan fingerprint density at radius 2 is 0.761 bits per heavy atom. The maximum atomic E-state index is 12.5. The van der Waals surface area contributed by atoms with E-state index in [4.69, 9.17) is 4.74 Å². The number of carbonyl (C=O) groups excluding carboxylic acids is 2. The normalized spacial score (nSPS) is 12.8. The van der Waals surface area contributed by atoms with Gasteiger partial charge in [0.25, 0.3) is 0 Å². The largest absolute Gasteiger partial charge is 0.466 e. The van der Waals surface area contributed by atoms with Crippen LogP contribution in [0, 0.1) is 0 Å². The van der Waals surface area contributed by atoms with Gasteiger partial charge in [-0.1, -0.05) is 281 Å². The van der Waals surface area contributed by atoms with Gasteiger partial charge in [0, 0.05) is 12.8 Å². The van der Waals surface area contributed by atoms with Gasteiger partial charge in [0.05, 0.1) is 25.4 Å². The Morgan fingerprint density at radius 3 is 1.18 bits per heavy atom. The van der Waals surface area contributed by atoms with E-state index in [9.17, 15) is 19.8 Å². The average molecular weight is 943 g/mol. The molecule has 1 amide bonds. The van der Waals surface area contributed by atoms with Crippen molar-refractivity contribution in [2.45, 2.75) is 328 Å². The molecule has 0 aliphatic carbocycles. The predicted octanol–water partition coefficient (Wildman–Crippen LogP) is 18.4. The number of rotatable bonds is 55. The van der Waals surface area contributed by atoms with Gasteiger partial charge in [-0.15, -0.1) is 0 Å². The van der Waals surface area contributed by atoms with Gasteiger partial charge in [0.1, 0.15) is 0 Å². The van der Waals surface area contributed by atoms with Crippen LogP contribution in [0.15, 0.2) is 36.5 Å². The molecule has 0 aromatic heterocycles. The Kier molecular flexibility index (Phi) is 55.0. The van der Waals surface area contributed by atoms with E-state index in [2.05, 4.69) is 43.5 Å². The van der Waals surface area contributed by atoms with Crippen LogP contribution in [0.5, 0.6) is 0 Å². The first-order chi connectivity index (χ1) is 33.0. The lowest BCUT2D eigenvalue weighted by atomic mass is 10.0. The van der Waals surface area contributed by atoms with E-state index in [0.717, 1.165) is 70.6 Å². The van der Waals surface area contributed by atoms with Crippen LogP contribution in [0.2, 0.25) is 0 Å². The van der Waals surface area contributed by atoms with Gasteiger partial charge < -0.3 is 20.3 Å². The molecule has 0 aliphatic rings. The minimum Gasteiger partial charge on any atom is -0.466 e. The molecule has 2 atom stereocenters. The van der Waals surface area contributed by atoms with Crippen molar-refractivity contribution in [2.24, 2.45) is 0 Å². The SMILES string of the molecule is CCCC/C=C\C/C=C\CCCCCCCC(=O)OCCCCCCCCCCCCCCC(=O)NC(CO)C(O)/C=C/CCCCCCCCCCCCCCCCCCCCCCCC. The topological polar surface area (TPSA) is 95.9 Å². The zero-order chi connectivity index (χ0) is 48.6. The fourth-order valence-electron chi connectivity index (χ4n) is 9.06. The molecule has 6 heteroatoms. The Labute approximate surface area is 417 Å². The number of amides is 1. The van der Waals surface area contributed by atoms with Crippen molar-refractivity contribution >= 4 is 11.9 Å². The van der Waals surface area contributed by atoms with E-state index < -0.39 is 12.1 Å². The number of hydrogen-bond donors (Lipinski definition) is 3. The monoisotopic (exact) mass is 942 g/mol. The minimum atomic E-state index is -0.857. The number of nitrogens with one attached hydrogen (secondary N) is 1. The lowest BCUT2D eigenvalue weighted by Gasteiger charge is -2.20. The molecule has 0 spiro atoms. The zero-order valence-corrected chi connectivity index (χ0v) is 44.9. The van der Waals surface area contributed by atoms with E-state index in [-0.39, 0.29) is 18.5 Å². The first-order valence-electron chi connectivity index (χ1n) is 29.8. The van der Waals surface area contributed by atoms with Crippen LogP contribution in [0.1, 0.15) is 316 Å². The molecule has 394 valence electrons. The number of aliphatic hydroxyl groups is 2. The summed E-state index contributed by atoms with van der Waals surface area (Å²) in [6, 6.07) is -0.642. The first kappa shape index (κ1) is 65.1. The molecule has 6 nitrogen and oxygen atoms in total. The van der Waals surface area contributed by atoms with Crippen molar-refractivity contribution in [1.82, 2.24) is 5.32 Å². The second-order valence-corrected chi connectivity index (χ2v) is 20.3. The lowest BCUT2D eigenvalue weighted by Crippen LogP contribution is -2.45. The van der Waals surface area contributed by atoms with E-state index in [1.165, 1.54) is 218 Å². The third kappa shape index (κ3) is 53.3. The first-order valence-corrected chi connectivity index (χ1v) is 29.8. The number of allylic oxidation sites excluding steroid dienone is 5. The van der Waals surface area contributed by atoms with Crippen molar-refractivity contribution in [3.8, 4) is 0 Å². The summed E-state index contributed by atoms with van der Waals surface area (Å²) < 4.78 is 5.46. The maximum absolute atomic E-state index is 12.5. The van der Waals surface area contributed by atoms with Crippen LogP contribution in [0.25, 0.3) is 0 Å². The highest BCUT2D eigenvalue weighted by Gasteiger charge is 2.18. The fourth-order valence-corrected chi connectivity index (χ4v) is 9.06. The molecule has 2 unspecified atom stereocenters. The summed E-state index contributed by atoms with van der Waals surface area (Å²) in [5.74, 6) is -0.107. The van der Waals surface area contributed by atoms with Gasteiger partial charge in [-0.05, 0) is 57.8 Å². The number of unbranched alkanes of at least 4 members (excludes halogenated alkanes) is 40. The van der Waals surface area contributed by atoms with Gasteiger partial charge in [-0.3, -0.25) is 9.59 Å². The zero-order valence-electron chi connectivity index (χ0n) is 44.9. The molecule has 0 saturated carbocycles. The molecular formula is C61H115NO5. The Bertz CT molecular complexity index is 1090. The van der Waals surface area contributed by atoms with E-state index in [1.54, 1.807) is 6.08 Å². The average Bonchev–Trinajstić information content (AvgIpc) is 3.33. The molecule has 0 aromatic rings. The Balaban J connectivity index is 3.50. The van der Waals surface area contributed by atoms with Crippen LogP contribution in [-0.4, -0.2) is 47.4 Å². The number of hydrogen-bond acceptors (Lipinski definition) is 5. The van der Waals surface area contributed by atoms with Crippen LogP contribution >= 0.6 is 0 Å². The molecule has 67 heavy (non-hydrogen) atoms. The van der Waals surface area contributed by atoms with Crippen LogP contribution in [0.3, 0.4) is 0 Å². The van der Waals surface area contributed by atoms with Crippen molar-refractivity contribution < 1.29 is 24.5 Å². The molecule has 0 aromatic carbocycles. The highest BCUT2D eigenvalue weighted by molar-refractivity contribution is 5.76. The third-order valence-electron chi connectivity index (χ3n) is 13.7. The summed E-state index contributed by atoms with van der Waals surface area (Å²) in [5.41, 5.74) is 0. The van der Waals surface area contributed by atoms with E-state index in [1.807, 2.05) is 6.08 Å². The van der Waals surface area contributed by atoms with Gasteiger partial charge in [-0.2, -0.15) is 0 Å². The van der Waals surface area contributed by atoms with Crippen LogP contribution < -0.4 is 5.32 Å². The van der Waals surface area contributed by atoms with Gasteiger partial charge in [0.2, 0.25) is 5.91 Å². The molecule has 0 heterocycles. The van der Waals surface area contributed by atoms with Gasteiger partial charge in [-0.25, -0.2) is 0 Å². The molecule has 0 fully saturated rings.